The van der Waals surface area contributed by atoms with Crippen LogP contribution in [0.5, 0.6) is 0 Å². The van der Waals surface area contributed by atoms with Crippen LogP contribution < -0.4 is 0 Å². The Balaban J connectivity index is 2.55. The van der Waals surface area contributed by atoms with Crippen molar-refractivity contribution in [2.75, 3.05) is 0 Å². The molecular formula is C14H11ClN2S. The Bertz CT molecular complexity index is 608. The van der Waals surface area contributed by atoms with Crippen molar-refractivity contribution in [3.05, 3.63) is 52.0 Å². The number of hydrogen-bond acceptors (Lipinski definition) is 3. The molecule has 2 nitrogen and oxygen atoms in total. The highest BCUT2D eigenvalue weighted by Crippen LogP contribution is 2.34. The molecule has 2 rings (SSSR count). The van der Waals surface area contributed by atoms with Crippen molar-refractivity contribution in [3.8, 4) is 6.07 Å². The quantitative estimate of drug-likeness (QED) is 0.781. The number of aryl methyl sites for hydroxylation is 1. The summed E-state index contributed by atoms with van der Waals surface area (Å²) in [5.41, 5.74) is 2.47. The monoisotopic (exact) mass is 274 g/mol. The van der Waals surface area contributed by atoms with Crippen molar-refractivity contribution in [2.24, 2.45) is 0 Å². The van der Waals surface area contributed by atoms with Crippen LogP contribution in [0.25, 0.3) is 10.6 Å². The number of allylic oxidation sites excluding steroid dienone is 1. The Labute approximate surface area is 115 Å². The summed E-state index contributed by atoms with van der Waals surface area (Å²) in [6.45, 7) is 2.08. The summed E-state index contributed by atoms with van der Waals surface area (Å²) in [5.74, 6) is 0. The third kappa shape index (κ3) is 2.45. The molecule has 0 bridgehead atoms. The van der Waals surface area contributed by atoms with Crippen LogP contribution in [-0.4, -0.2) is 4.98 Å². The van der Waals surface area contributed by atoms with Gasteiger partial charge in [-0.2, -0.15) is 5.26 Å². The Morgan fingerprint density at radius 1 is 1.39 bits per heavy atom. The van der Waals surface area contributed by atoms with E-state index >= 15 is 0 Å². The Morgan fingerprint density at radius 2 is 2.11 bits per heavy atom. The average Bonchev–Trinajstić information content (AvgIpc) is 2.89. The maximum Gasteiger partial charge on any atom is 0.101 e. The molecule has 4 heteroatoms. The van der Waals surface area contributed by atoms with Gasteiger partial charge in [-0.15, -0.1) is 11.3 Å². The van der Waals surface area contributed by atoms with Gasteiger partial charge in [0.15, 0.2) is 0 Å². The minimum Gasteiger partial charge on any atom is -0.265 e. The number of nitriles is 1. The fourth-order valence-electron chi connectivity index (χ4n) is 1.68. The summed E-state index contributed by atoms with van der Waals surface area (Å²) in [6, 6.07) is 7.81. The van der Waals surface area contributed by atoms with Gasteiger partial charge < -0.3 is 0 Å². The number of hydrogen-bond donors (Lipinski definition) is 0. The first-order valence-electron chi connectivity index (χ1n) is 5.55. The van der Waals surface area contributed by atoms with Gasteiger partial charge in [0, 0.05) is 12.4 Å². The number of pyridine rings is 1. The molecule has 0 saturated heterocycles. The van der Waals surface area contributed by atoms with Gasteiger partial charge in [0.2, 0.25) is 0 Å². The molecule has 0 atom stereocenters. The van der Waals surface area contributed by atoms with Gasteiger partial charge in [-0.05, 0) is 41.1 Å². The van der Waals surface area contributed by atoms with E-state index < -0.39 is 0 Å². The highest BCUT2D eigenvalue weighted by atomic mass is 35.5. The van der Waals surface area contributed by atoms with Crippen LogP contribution in [0.15, 0.2) is 36.0 Å². The van der Waals surface area contributed by atoms with Crippen LogP contribution in [0.4, 0.5) is 0 Å². The first-order valence-corrected chi connectivity index (χ1v) is 6.80. The minimum absolute atomic E-state index is 0.496. The third-order valence-electron chi connectivity index (χ3n) is 2.63. The van der Waals surface area contributed by atoms with Crippen LogP contribution in [-0.2, 0) is 6.42 Å². The molecule has 0 fully saturated rings. The van der Waals surface area contributed by atoms with Crippen LogP contribution in [0.3, 0.4) is 0 Å². The molecule has 90 valence electrons. The third-order valence-corrected chi connectivity index (χ3v) is 4.09. The second-order valence-electron chi connectivity index (χ2n) is 3.67. The fourth-order valence-corrected chi connectivity index (χ4v) is 3.02. The summed E-state index contributed by atoms with van der Waals surface area (Å²) in [7, 11) is 0. The van der Waals surface area contributed by atoms with E-state index in [2.05, 4.69) is 18.0 Å². The Kier molecular flexibility index (Phi) is 4.14. The Hall–Kier alpha value is -1.63. The zero-order valence-electron chi connectivity index (χ0n) is 9.85. The molecule has 0 spiro atoms. The molecule has 0 radical (unpaired) electrons. The molecular weight excluding hydrogens is 264 g/mol. The summed E-state index contributed by atoms with van der Waals surface area (Å²) in [5, 5.41) is 11.8. The second kappa shape index (κ2) is 5.81. The van der Waals surface area contributed by atoms with Gasteiger partial charge in [-0.1, -0.05) is 18.5 Å². The lowest BCUT2D eigenvalue weighted by Gasteiger charge is -2.04. The topological polar surface area (TPSA) is 36.7 Å². The van der Waals surface area contributed by atoms with Gasteiger partial charge in [0.1, 0.15) is 6.07 Å². The summed E-state index contributed by atoms with van der Waals surface area (Å²) in [4.78, 5) is 4.92. The average molecular weight is 275 g/mol. The van der Waals surface area contributed by atoms with E-state index in [9.17, 15) is 5.26 Å². The summed E-state index contributed by atoms with van der Waals surface area (Å²) < 4.78 is 0. The molecule has 0 aromatic carbocycles. The Morgan fingerprint density at radius 3 is 2.72 bits per heavy atom. The fraction of sp³-hybridized carbons (Fsp3) is 0.143. The van der Waals surface area contributed by atoms with Crippen molar-refractivity contribution in [1.82, 2.24) is 4.98 Å². The van der Waals surface area contributed by atoms with E-state index in [1.165, 1.54) is 5.56 Å². The van der Waals surface area contributed by atoms with Crippen molar-refractivity contribution < 1.29 is 0 Å². The van der Waals surface area contributed by atoms with Gasteiger partial charge in [0.05, 0.1) is 15.5 Å². The molecule has 18 heavy (non-hydrogen) atoms. The predicted molar refractivity (Wildman–Crippen MR) is 76.2 cm³/mol. The van der Waals surface area contributed by atoms with Gasteiger partial charge in [-0.25, -0.2) is 0 Å². The number of aromatic nitrogens is 1. The normalized spacial score (nSPS) is 11.8. The predicted octanol–water partition coefficient (Wildman–Crippen LogP) is 4.34. The second-order valence-corrected chi connectivity index (χ2v) is 4.96. The number of thiophene rings is 1. The molecule has 0 unspecified atom stereocenters. The maximum atomic E-state index is 9.30. The largest absolute Gasteiger partial charge is 0.265 e. The highest BCUT2D eigenvalue weighted by Gasteiger charge is 2.13. The summed E-state index contributed by atoms with van der Waals surface area (Å²) >= 11 is 7.94. The lowest BCUT2D eigenvalue weighted by atomic mass is 10.1. The van der Waals surface area contributed by atoms with E-state index in [4.69, 9.17) is 11.6 Å². The van der Waals surface area contributed by atoms with Gasteiger partial charge >= 0.3 is 0 Å². The first-order chi connectivity index (χ1) is 8.77. The van der Waals surface area contributed by atoms with Crippen LogP contribution in [0.2, 0.25) is 0 Å². The molecule has 0 amide bonds. The molecule has 2 heterocycles. The van der Waals surface area contributed by atoms with Crippen molar-refractivity contribution >= 4 is 33.5 Å². The van der Waals surface area contributed by atoms with Crippen molar-refractivity contribution in [3.63, 3.8) is 0 Å². The standard InChI is InChI=1S/C14H11ClN2S/c1-2-10-5-8-18-14(10)13(15)12(9-16)11-3-6-17-7-4-11/h3-8H,2H2,1H3/b13-12+. The molecule has 0 aliphatic heterocycles. The molecule has 0 saturated carbocycles. The zero-order chi connectivity index (χ0) is 13.0. The molecule has 2 aromatic heterocycles. The first kappa shape index (κ1) is 12.8. The van der Waals surface area contributed by atoms with E-state index in [-0.39, 0.29) is 0 Å². The van der Waals surface area contributed by atoms with E-state index in [1.54, 1.807) is 35.9 Å². The van der Waals surface area contributed by atoms with Crippen LogP contribution in [0, 0.1) is 11.3 Å². The molecule has 2 aromatic rings. The lowest BCUT2D eigenvalue weighted by Crippen LogP contribution is -1.87. The number of rotatable bonds is 3. The SMILES string of the molecule is CCc1ccsc1/C(Cl)=C(/C#N)c1ccncc1. The highest BCUT2D eigenvalue weighted by molar-refractivity contribution is 7.12. The smallest absolute Gasteiger partial charge is 0.101 e. The minimum atomic E-state index is 0.496. The molecule has 0 aliphatic rings. The van der Waals surface area contributed by atoms with Crippen LogP contribution in [0.1, 0.15) is 22.9 Å². The zero-order valence-corrected chi connectivity index (χ0v) is 11.4. The molecule has 0 aliphatic carbocycles. The van der Waals surface area contributed by atoms with E-state index in [0.29, 0.717) is 10.6 Å². The van der Waals surface area contributed by atoms with Gasteiger partial charge in [0.25, 0.3) is 0 Å². The van der Waals surface area contributed by atoms with E-state index in [0.717, 1.165) is 16.9 Å². The maximum absolute atomic E-state index is 9.30. The van der Waals surface area contributed by atoms with Crippen LogP contribution >= 0.6 is 22.9 Å². The number of halogens is 1. The van der Waals surface area contributed by atoms with E-state index in [1.807, 2.05) is 11.4 Å². The van der Waals surface area contributed by atoms with Crippen molar-refractivity contribution in [1.29, 1.82) is 5.26 Å². The lowest BCUT2D eigenvalue weighted by molar-refractivity contribution is 1.15. The summed E-state index contributed by atoms with van der Waals surface area (Å²) in [6.07, 6.45) is 4.22. The van der Waals surface area contributed by atoms with Crippen molar-refractivity contribution in [2.45, 2.75) is 13.3 Å². The molecule has 0 N–H and O–H groups in total. The number of nitrogens with zero attached hydrogens (tertiary/aromatic N) is 2. The van der Waals surface area contributed by atoms with Gasteiger partial charge in [-0.3, -0.25) is 4.98 Å².